The highest BCUT2D eigenvalue weighted by molar-refractivity contribution is 7.93. The van der Waals surface area contributed by atoms with Crippen molar-refractivity contribution in [3.8, 4) is 0 Å². The summed E-state index contributed by atoms with van der Waals surface area (Å²) in [6, 6.07) is 9.22. The maximum absolute atomic E-state index is 13.0. The first kappa shape index (κ1) is 20.5. The van der Waals surface area contributed by atoms with E-state index in [1.54, 1.807) is 23.6 Å². The summed E-state index contributed by atoms with van der Waals surface area (Å²) in [7, 11) is -3.91. The van der Waals surface area contributed by atoms with Crippen molar-refractivity contribution in [2.45, 2.75) is 11.3 Å². The lowest BCUT2D eigenvalue weighted by atomic mass is 10.3. The van der Waals surface area contributed by atoms with Gasteiger partial charge < -0.3 is 5.32 Å². The lowest BCUT2D eigenvalue weighted by Gasteiger charge is -2.08. The molecular formula is C17H12Cl2FN3O3S2. The summed E-state index contributed by atoms with van der Waals surface area (Å²) in [4.78, 5) is 16.2. The number of hydrogen-bond donors (Lipinski definition) is 2. The molecule has 0 radical (unpaired) electrons. The molecule has 0 aliphatic carbocycles. The van der Waals surface area contributed by atoms with Crippen LogP contribution in [0.3, 0.4) is 0 Å². The highest BCUT2D eigenvalue weighted by atomic mass is 35.5. The normalized spacial score (nSPS) is 11.2. The number of thiazole rings is 1. The van der Waals surface area contributed by atoms with Crippen molar-refractivity contribution in [2.24, 2.45) is 0 Å². The number of carbonyl (C=O) groups excluding carboxylic acids is 1. The van der Waals surface area contributed by atoms with E-state index in [1.807, 2.05) is 0 Å². The van der Waals surface area contributed by atoms with E-state index in [0.717, 1.165) is 35.6 Å². The van der Waals surface area contributed by atoms with Crippen molar-refractivity contribution in [1.82, 2.24) is 4.98 Å². The fraction of sp³-hybridized carbons (Fsp3) is 0.0588. The van der Waals surface area contributed by atoms with Crippen molar-refractivity contribution in [3.05, 3.63) is 69.4 Å². The molecule has 28 heavy (non-hydrogen) atoms. The summed E-state index contributed by atoms with van der Waals surface area (Å²) in [5.41, 5.74) is 0.658. The number of anilines is 2. The number of para-hydroxylation sites is 1. The van der Waals surface area contributed by atoms with Crippen molar-refractivity contribution in [2.75, 3.05) is 10.0 Å². The van der Waals surface area contributed by atoms with E-state index < -0.39 is 21.7 Å². The van der Waals surface area contributed by atoms with Crippen LogP contribution in [0.5, 0.6) is 0 Å². The number of aromatic nitrogens is 1. The third kappa shape index (κ3) is 4.99. The standard InChI is InChI=1S/C17H12Cl2FN3O3S2/c18-13-2-1-3-14(19)16(13)22-15(24)8-11-9-27-17(21-11)23-28(25,26)12-6-4-10(20)5-7-12/h1-7,9H,8H2,(H,21,23)(H,22,24). The predicted octanol–water partition coefficient (Wildman–Crippen LogP) is 4.57. The highest BCUT2D eigenvalue weighted by Gasteiger charge is 2.17. The molecule has 2 aromatic carbocycles. The molecule has 0 atom stereocenters. The lowest BCUT2D eigenvalue weighted by molar-refractivity contribution is -0.115. The van der Waals surface area contributed by atoms with Crippen LogP contribution in [-0.2, 0) is 21.2 Å². The predicted molar refractivity (Wildman–Crippen MR) is 108 cm³/mol. The Labute approximate surface area is 174 Å². The third-order valence-electron chi connectivity index (χ3n) is 3.47. The van der Waals surface area contributed by atoms with Crippen molar-refractivity contribution >= 4 is 61.3 Å². The van der Waals surface area contributed by atoms with Gasteiger partial charge in [-0.15, -0.1) is 11.3 Å². The van der Waals surface area contributed by atoms with Gasteiger partial charge in [-0.25, -0.2) is 17.8 Å². The van der Waals surface area contributed by atoms with Crippen LogP contribution in [0.15, 0.2) is 52.7 Å². The number of nitrogens with zero attached hydrogens (tertiary/aromatic N) is 1. The van der Waals surface area contributed by atoms with E-state index in [1.165, 1.54) is 0 Å². The van der Waals surface area contributed by atoms with Gasteiger partial charge in [0, 0.05) is 5.38 Å². The molecule has 2 N–H and O–H groups in total. The van der Waals surface area contributed by atoms with Crippen LogP contribution in [0.25, 0.3) is 0 Å². The minimum atomic E-state index is -3.91. The molecule has 1 aromatic heterocycles. The van der Waals surface area contributed by atoms with Gasteiger partial charge in [0.05, 0.1) is 32.7 Å². The molecule has 0 aliphatic heterocycles. The first-order valence-electron chi connectivity index (χ1n) is 7.71. The number of benzene rings is 2. The van der Waals surface area contributed by atoms with E-state index in [-0.39, 0.29) is 16.4 Å². The van der Waals surface area contributed by atoms with Crippen molar-refractivity contribution in [1.29, 1.82) is 0 Å². The summed E-state index contributed by atoms with van der Waals surface area (Å²) >= 11 is 13.0. The largest absolute Gasteiger partial charge is 0.323 e. The average Bonchev–Trinajstić information content (AvgIpc) is 3.04. The van der Waals surface area contributed by atoms with Gasteiger partial charge in [-0.3, -0.25) is 9.52 Å². The maximum atomic E-state index is 13.0. The first-order chi connectivity index (χ1) is 13.2. The molecule has 0 spiro atoms. The van der Waals surface area contributed by atoms with Gasteiger partial charge in [-0.2, -0.15) is 0 Å². The van der Waals surface area contributed by atoms with Crippen molar-refractivity contribution < 1.29 is 17.6 Å². The number of nitrogens with one attached hydrogen (secondary N) is 2. The van der Waals surface area contributed by atoms with Crippen LogP contribution < -0.4 is 10.0 Å². The summed E-state index contributed by atoms with van der Waals surface area (Å²) < 4.78 is 39.8. The van der Waals surface area contributed by atoms with Gasteiger partial charge in [-0.1, -0.05) is 29.3 Å². The number of halogens is 3. The number of hydrogen-bond acceptors (Lipinski definition) is 5. The molecule has 0 saturated carbocycles. The van der Waals surface area contributed by atoms with E-state index in [0.29, 0.717) is 21.4 Å². The Balaban J connectivity index is 1.67. The Morgan fingerprint density at radius 3 is 2.39 bits per heavy atom. The molecule has 11 heteroatoms. The maximum Gasteiger partial charge on any atom is 0.263 e. The Kier molecular flexibility index (Phi) is 6.19. The topological polar surface area (TPSA) is 88.2 Å². The van der Waals surface area contributed by atoms with Gasteiger partial charge in [0.2, 0.25) is 5.91 Å². The van der Waals surface area contributed by atoms with E-state index in [9.17, 15) is 17.6 Å². The van der Waals surface area contributed by atoms with Crippen LogP contribution in [0.2, 0.25) is 10.0 Å². The second kappa shape index (κ2) is 8.44. The zero-order chi connectivity index (χ0) is 20.3. The second-order valence-electron chi connectivity index (χ2n) is 5.53. The number of sulfonamides is 1. The molecule has 1 heterocycles. The molecular weight excluding hydrogens is 448 g/mol. The minimum absolute atomic E-state index is 0.0860. The smallest absolute Gasteiger partial charge is 0.263 e. The average molecular weight is 460 g/mol. The molecule has 0 saturated heterocycles. The summed E-state index contributed by atoms with van der Waals surface area (Å²) in [5.74, 6) is -0.951. The zero-order valence-electron chi connectivity index (χ0n) is 13.9. The third-order valence-corrected chi connectivity index (χ3v) is 6.39. The van der Waals surface area contributed by atoms with Crippen LogP contribution in [0.4, 0.5) is 15.2 Å². The number of rotatable bonds is 6. The van der Waals surface area contributed by atoms with Crippen molar-refractivity contribution in [3.63, 3.8) is 0 Å². The van der Waals surface area contributed by atoms with Crippen LogP contribution in [0.1, 0.15) is 5.69 Å². The van der Waals surface area contributed by atoms with Gasteiger partial charge >= 0.3 is 0 Å². The molecule has 3 aromatic rings. The van der Waals surface area contributed by atoms with Gasteiger partial charge in [-0.05, 0) is 36.4 Å². The molecule has 0 fully saturated rings. The fourth-order valence-corrected chi connectivity index (χ4v) is 4.64. The highest BCUT2D eigenvalue weighted by Crippen LogP contribution is 2.30. The van der Waals surface area contributed by atoms with Gasteiger partial charge in [0.1, 0.15) is 5.82 Å². The van der Waals surface area contributed by atoms with Crippen LogP contribution in [0, 0.1) is 5.82 Å². The quantitative estimate of drug-likeness (QED) is 0.564. The molecule has 6 nitrogen and oxygen atoms in total. The second-order valence-corrected chi connectivity index (χ2v) is 8.88. The molecule has 0 unspecified atom stereocenters. The van der Waals surface area contributed by atoms with E-state index in [4.69, 9.17) is 23.2 Å². The monoisotopic (exact) mass is 459 g/mol. The van der Waals surface area contributed by atoms with E-state index in [2.05, 4.69) is 15.0 Å². The van der Waals surface area contributed by atoms with Crippen LogP contribution >= 0.6 is 34.5 Å². The SMILES string of the molecule is O=C(Cc1csc(NS(=O)(=O)c2ccc(F)cc2)n1)Nc1c(Cl)cccc1Cl. The number of carbonyl (C=O) groups is 1. The Morgan fingerprint density at radius 2 is 1.75 bits per heavy atom. The van der Waals surface area contributed by atoms with Crippen LogP contribution in [-0.4, -0.2) is 19.3 Å². The molecule has 0 aliphatic rings. The Morgan fingerprint density at radius 1 is 1.11 bits per heavy atom. The first-order valence-corrected chi connectivity index (χ1v) is 10.8. The molecule has 1 amide bonds. The minimum Gasteiger partial charge on any atom is -0.323 e. The fourth-order valence-electron chi connectivity index (χ4n) is 2.19. The Bertz CT molecular complexity index is 1100. The lowest BCUT2D eigenvalue weighted by Crippen LogP contribution is -2.16. The number of amides is 1. The summed E-state index contributed by atoms with van der Waals surface area (Å²) in [6.45, 7) is 0. The molecule has 0 bridgehead atoms. The molecule has 3 rings (SSSR count). The summed E-state index contributed by atoms with van der Waals surface area (Å²) in [6.07, 6.45) is -0.101. The zero-order valence-corrected chi connectivity index (χ0v) is 17.1. The van der Waals surface area contributed by atoms with E-state index >= 15 is 0 Å². The summed E-state index contributed by atoms with van der Waals surface area (Å²) in [5, 5.41) is 4.84. The van der Waals surface area contributed by atoms with Gasteiger partial charge in [0.15, 0.2) is 5.13 Å². The molecule has 146 valence electrons. The van der Waals surface area contributed by atoms with Gasteiger partial charge in [0.25, 0.3) is 10.0 Å². The Hall–Kier alpha value is -2.20.